The van der Waals surface area contributed by atoms with Crippen molar-refractivity contribution < 1.29 is 24.2 Å². The summed E-state index contributed by atoms with van der Waals surface area (Å²) in [5, 5.41) is 17.9. The first-order chi connectivity index (χ1) is 9.01. The average molecular weight is 263 g/mol. The SMILES string of the molecule is CCc1cc(C(=O)O)n(Cc2ccc(C(=O)O)o2)c1. The Hall–Kier alpha value is -2.50. The van der Waals surface area contributed by atoms with Crippen LogP contribution in [-0.2, 0) is 13.0 Å². The Morgan fingerprint density at radius 3 is 2.53 bits per heavy atom. The van der Waals surface area contributed by atoms with Gasteiger partial charge >= 0.3 is 11.9 Å². The minimum absolute atomic E-state index is 0.158. The summed E-state index contributed by atoms with van der Waals surface area (Å²) in [4.78, 5) is 21.8. The number of carbonyl (C=O) groups is 2. The summed E-state index contributed by atoms with van der Waals surface area (Å²) in [6, 6.07) is 4.48. The molecule has 0 spiro atoms. The summed E-state index contributed by atoms with van der Waals surface area (Å²) in [5.74, 6) is -1.93. The van der Waals surface area contributed by atoms with E-state index < -0.39 is 11.9 Å². The Morgan fingerprint density at radius 2 is 2.00 bits per heavy atom. The highest BCUT2D eigenvalue weighted by atomic mass is 16.4. The minimum atomic E-state index is -1.15. The molecule has 0 aliphatic heterocycles. The first-order valence-electron chi connectivity index (χ1n) is 5.75. The molecule has 2 N–H and O–H groups in total. The lowest BCUT2D eigenvalue weighted by Crippen LogP contribution is -2.08. The van der Waals surface area contributed by atoms with Crippen molar-refractivity contribution >= 4 is 11.9 Å². The van der Waals surface area contributed by atoms with Crippen LogP contribution in [0, 0.1) is 0 Å². The molecule has 100 valence electrons. The van der Waals surface area contributed by atoms with E-state index in [9.17, 15) is 9.59 Å². The molecule has 2 heterocycles. The third-order valence-corrected chi connectivity index (χ3v) is 2.78. The van der Waals surface area contributed by atoms with E-state index in [0.29, 0.717) is 5.76 Å². The summed E-state index contributed by atoms with van der Waals surface area (Å²) in [6.07, 6.45) is 2.46. The maximum atomic E-state index is 11.1. The predicted molar refractivity (Wildman–Crippen MR) is 65.5 cm³/mol. The molecule has 0 aliphatic rings. The van der Waals surface area contributed by atoms with Crippen LogP contribution in [0.3, 0.4) is 0 Å². The van der Waals surface area contributed by atoms with Crippen molar-refractivity contribution in [2.45, 2.75) is 19.9 Å². The number of aryl methyl sites for hydroxylation is 1. The molecular formula is C13H13NO5. The molecule has 6 heteroatoms. The number of carboxylic acids is 2. The molecule has 0 atom stereocenters. The molecule has 2 aromatic heterocycles. The Balaban J connectivity index is 2.28. The van der Waals surface area contributed by atoms with Gasteiger partial charge in [-0.15, -0.1) is 0 Å². The predicted octanol–water partition coefficient (Wildman–Crippen LogP) is 2.09. The lowest BCUT2D eigenvalue weighted by atomic mass is 10.2. The zero-order valence-electron chi connectivity index (χ0n) is 10.3. The zero-order valence-corrected chi connectivity index (χ0v) is 10.3. The summed E-state index contributed by atoms with van der Waals surface area (Å²) in [7, 11) is 0. The number of aromatic carboxylic acids is 2. The Bertz CT molecular complexity index is 623. The van der Waals surface area contributed by atoms with Gasteiger partial charge < -0.3 is 19.2 Å². The zero-order chi connectivity index (χ0) is 14.0. The molecule has 0 unspecified atom stereocenters. The van der Waals surface area contributed by atoms with E-state index in [0.717, 1.165) is 12.0 Å². The quantitative estimate of drug-likeness (QED) is 0.861. The van der Waals surface area contributed by atoms with E-state index in [-0.39, 0.29) is 18.0 Å². The van der Waals surface area contributed by atoms with Crippen LogP contribution < -0.4 is 0 Å². The van der Waals surface area contributed by atoms with Crippen LogP contribution >= 0.6 is 0 Å². The second-order valence-electron chi connectivity index (χ2n) is 4.09. The van der Waals surface area contributed by atoms with Gasteiger partial charge in [0.15, 0.2) is 0 Å². The molecule has 19 heavy (non-hydrogen) atoms. The van der Waals surface area contributed by atoms with E-state index in [2.05, 4.69) is 0 Å². The number of carboxylic acid groups (broad SMARTS) is 2. The largest absolute Gasteiger partial charge is 0.477 e. The molecule has 2 aromatic rings. The van der Waals surface area contributed by atoms with Gasteiger partial charge in [-0.25, -0.2) is 9.59 Å². The van der Waals surface area contributed by atoms with E-state index in [1.807, 2.05) is 6.92 Å². The number of aromatic nitrogens is 1. The lowest BCUT2D eigenvalue weighted by Gasteiger charge is -2.03. The number of hydrogen-bond donors (Lipinski definition) is 2. The Kier molecular flexibility index (Phi) is 3.41. The van der Waals surface area contributed by atoms with Crippen LogP contribution in [0.1, 0.15) is 39.3 Å². The summed E-state index contributed by atoms with van der Waals surface area (Å²) in [5.41, 5.74) is 1.06. The third kappa shape index (κ3) is 2.67. The second kappa shape index (κ2) is 5.01. The fraction of sp³-hybridized carbons (Fsp3) is 0.231. The third-order valence-electron chi connectivity index (χ3n) is 2.78. The highest BCUT2D eigenvalue weighted by molar-refractivity contribution is 5.86. The lowest BCUT2D eigenvalue weighted by molar-refractivity contribution is 0.0653. The van der Waals surface area contributed by atoms with Gasteiger partial charge in [-0.05, 0) is 30.2 Å². The van der Waals surface area contributed by atoms with Gasteiger partial charge in [0.25, 0.3) is 0 Å². The van der Waals surface area contributed by atoms with Crippen molar-refractivity contribution in [2.75, 3.05) is 0 Å². The number of rotatable bonds is 5. The van der Waals surface area contributed by atoms with Gasteiger partial charge in [-0.3, -0.25) is 0 Å². The van der Waals surface area contributed by atoms with Gasteiger partial charge in [0, 0.05) is 6.20 Å². The van der Waals surface area contributed by atoms with E-state index in [4.69, 9.17) is 14.6 Å². The molecule has 0 amide bonds. The normalized spacial score (nSPS) is 10.6. The van der Waals surface area contributed by atoms with Crippen molar-refractivity contribution in [1.82, 2.24) is 4.57 Å². The second-order valence-corrected chi connectivity index (χ2v) is 4.09. The van der Waals surface area contributed by atoms with Crippen LogP contribution in [0.5, 0.6) is 0 Å². The van der Waals surface area contributed by atoms with Gasteiger partial charge in [-0.1, -0.05) is 6.92 Å². The van der Waals surface area contributed by atoms with Gasteiger partial charge in [0.05, 0.1) is 6.54 Å². The van der Waals surface area contributed by atoms with Crippen molar-refractivity contribution in [2.24, 2.45) is 0 Å². The molecule has 0 aromatic carbocycles. The van der Waals surface area contributed by atoms with Crippen molar-refractivity contribution in [3.05, 3.63) is 47.2 Å². The highest BCUT2D eigenvalue weighted by Crippen LogP contribution is 2.15. The molecule has 0 saturated carbocycles. The summed E-state index contributed by atoms with van der Waals surface area (Å²) in [6.45, 7) is 2.12. The smallest absolute Gasteiger partial charge is 0.371 e. The average Bonchev–Trinajstić information content (AvgIpc) is 2.96. The van der Waals surface area contributed by atoms with Crippen LogP contribution in [0.2, 0.25) is 0 Å². The molecule has 0 fully saturated rings. The van der Waals surface area contributed by atoms with Gasteiger partial charge in [0.2, 0.25) is 5.76 Å². The molecular weight excluding hydrogens is 250 g/mol. The maximum absolute atomic E-state index is 11.1. The molecule has 0 aliphatic carbocycles. The van der Waals surface area contributed by atoms with Gasteiger partial charge in [0.1, 0.15) is 11.5 Å². The van der Waals surface area contributed by atoms with E-state index in [1.54, 1.807) is 12.3 Å². The minimum Gasteiger partial charge on any atom is -0.477 e. The van der Waals surface area contributed by atoms with E-state index >= 15 is 0 Å². The molecule has 2 rings (SSSR count). The maximum Gasteiger partial charge on any atom is 0.371 e. The fourth-order valence-corrected chi connectivity index (χ4v) is 1.82. The first kappa shape index (κ1) is 12.9. The first-order valence-corrected chi connectivity index (χ1v) is 5.75. The monoisotopic (exact) mass is 263 g/mol. The number of furan rings is 1. The fourth-order valence-electron chi connectivity index (χ4n) is 1.82. The van der Waals surface area contributed by atoms with Crippen LogP contribution in [-0.4, -0.2) is 26.7 Å². The van der Waals surface area contributed by atoms with Crippen LogP contribution in [0.15, 0.2) is 28.8 Å². The Labute approximate surface area is 108 Å². The summed E-state index contributed by atoms with van der Waals surface area (Å²) >= 11 is 0. The molecule has 0 saturated heterocycles. The molecule has 0 radical (unpaired) electrons. The van der Waals surface area contributed by atoms with Crippen molar-refractivity contribution in [1.29, 1.82) is 0 Å². The van der Waals surface area contributed by atoms with Crippen molar-refractivity contribution in [3.63, 3.8) is 0 Å². The summed E-state index contributed by atoms with van der Waals surface area (Å²) < 4.78 is 6.65. The number of nitrogens with zero attached hydrogens (tertiary/aromatic N) is 1. The standard InChI is InChI=1S/C13H13NO5/c1-2-8-5-10(12(15)16)14(6-8)7-9-3-4-11(19-9)13(17)18/h3-6H,2,7H2,1H3,(H,15,16)(H,17,18). The van der Waals surface area contributed by atoms with E-state index in [1.165, 1.54) is 16.7 Å². The van der Waals surface area contributed by atoms with Crippen molar-refractivity contribution in [3.8, 4) is 0 Å². The molecule has 0 bridgehead atoms. The van der Waals surface area contributed by atoms with Crippen LogP contribution in [0.4, 0.5) is 0 Å². The van der Waals surface area contributed by atoms with Gasteiger partial charge in [-0.2, -0.15) is 0 Å². The number of hydrogen-bond acceptors (Lipinski definition) is 3. The molecule has 6 nitrogen and oxygen atoms in total. The highest BCUT2D eigenvalue weighted by Gasteiger charge is 2.14. The van der Waals surface area contributed by atoms with Crippen LogP contribution in [0.25, 0.3) is 0 Å². The Morgan fingerprint density at radius 1 is 1.26 bits per heavy atom. The topological polar surface area (TPSA) is 92.7 Å².